The van der Waals surface area contributed by atoms with Crippen molar-refractivity contribution >= 4 is 35.3 Å². The first kappa shape index (κ1) is 17.9. The number of phenols is 1. The smallest absolute Gasteiger partial charge is 0.272 e. The molecule has 0 atom stereocenters. The van der Waals surface area contributed by atoms with Gasteiger partial charge in [0, 0.05) is 10.6 Å². The van der Waals surface area contributed by atoms with Crippen molar-refractivity contribution in [3.63, 3.8) is 0 Å². The summed E-state index contributed by atoms with van der Waals surface area (Å²) < 4.78 is 10.1. The van der Waals surface area contributed by atoms with E-state index in [0.29, 0.717) is 10.6 Å². The molecule has 2 N–H and O–H groups in total. The molecule has 0 aliphatic rings. The summed E-state index contributed by atoms with van der Waals surface area (Å²) in [4.78, 5) is 12.1. The molecule has 1 amide bonds. The topological polar surface area (TPSA) is 80.2 Å². The number of nitrogens with one attached hydrogen (secondary N) is 1. The second kappa shape index (κ2) is 7.90. The van der Waals surface area contributed by atoms with Gasteiger partial charge in [0.2, 0.25) is 5.75 Å². The number of nitrogens with zero attached hydrogens (tertiary/aromatic N) is 1. The number of rotatable bonds is 5. The lowest BCUT2D eigenvalue weighted by Crippen LogP contribution is -2.18. The van der Waals surface area contributed by atoms with Crippen LogP contribution in [0.3, 0.4) is 0 Å². The van der Waals surface area contributed by atoms with Crippen molar-refractivity contribution < 1.29 is 19.4 Å². The number of phenolic OH excluding ortho intramolecular Hbond substituents is 1. The molecule has 126 valence electrons. The van der Waals surface area contributed by atoms with E-state index in [4.69, 9.17) is 32.7 Å². The van der Waals surface area contributed by atoms with Crippen LogP contribution in [0.4, 0.5) is 0 Å². The predicted molar refractivity (Wildman–Crippen MR) is 92.7 cm³/mol. The number of ether oxygens (including phenoxy) is 2. The molecule has 24 heavy (non-hydrogen) atoms. The maximum Gasteiger partial charge on any atom is 0.272 e. The highest BCUT2D eigenvalue weighted by Crippen LogP contribution is 2.36. The Bertz CT molecular complexity index is 769. The number of benzene rings is 2. The molecule has 0 fully saturated rings. The zero-order valence-corrected chi connectivity index (χ0v) is 14.4. The molecule has 0 saturated heterocycles. The fourth-order valence-electron chi connectivity index (χ4n) is 1.89. The predicted octanol–water partition coefficient (Wildman–Crippen LogP) is 3.48. The summed E-state index contributed by atoms with van der Waals surface area (Å²) in [7, 11) is 2.83. The van der Waals surface area contributed by atoms with Crippen molar-refractivity contribution in [2.75, 3.05) is 14.2 Å². The van der Waals surface area contributed by atoms with Gasteiger partial charge in [-0.25, -0.2) is 5.43 Å². The molecular formula is C16H14Cl2N2O4. The third kappa shape index (κ3) is 4.10. The van der Waals surface area contributed by atoms with Gasteiger partial charge in [-0.1, -0.05) is 23.2 Å². The van der Waals surface area contributed by atoms with Crippen LogP contribution in [0.1, 0.15) is 15.9 Å². The Hall–Kier alpha value is -2.44. The van der Waals surface area contributed by atoms with Gasteiger partial charge in [0.15, 0.2) is 11.5 Å². The van der Waals surface area contributed by atoms with E-state index in [-0.39, 0.29) is 27.8 Å². The van der Waals surface area contributed by atoms with Gasteiger partial charge in [-0.15, -0.1) is 0 Å². The molecule has 0 aliphatic heterocycles. The van der Waals surface area contributed by atoms with Crippen molar-refractivity contribution in [1.29, 1.82) is 0 Å². The van der Waals surface area contributed by atoms with Crippen molar-refractivity contribution in [2.24, 2.45) is 5.10 Å². The first-order valence-electron chi connectivity index (χ1n) is 6.69. The highest BCUT2D eigenvalue weighted by Gasteiger charge is 2.11. The van der Waals surface area contributed by atoms with Crippen LogP contribution >= 0.6 is 23.2 Å². The minimum Gasteiger partial charge on any atom is -0.502 e. The lowest BCUT2D eigenvalue weighted by Gasteiger charge is -2.09. The molecule has 0 aliphatic carbocycles. The number of halogens is 2. The van der Waals surface area contributed by atoms with E-state index in [0.717, 1.165) is 0 Å². The van der Waals surface area contributed by atoms with E-state index < -0.39 is 5.91 Å². The highest BCUT2D eigenvalue weighted by atomic mass is 35.5. The van der Waals surface area contributed by atoms with Gasteiger partial charge in [-0.2, -0.15) is 5.10 Å². The SMILES string of the molecule is COc1cc(/C=N/NC(=O)c2cc(Cl)ccc2Cl)cc(OC)c1O. The van der Waals surface area contributed by atoms with Gasteiger partial charge in [0.1, 0.15) is 0 Å². The van der Waals surface area contributed by atoms with Gasteiger partial charge in [-0.05, 0) is 30.3 Å². The third-order valence-corrected chi connectivity index (χ3v) is 3.62. The normalized spacial score (nSPS) is 10.7. The van der Waals surface area contributed by atoms with E-state index >= 15 is 0 Å². The van der Waals surface area contributed by atoms with E-state index in [1.54, 1.807) is 18.2 Å². The zero-order valence-electron chi connectivity index (χ0n) is 12.8. The first-order valence-corrected chi connectivity index (χ1v) is 7.45. The highest BCUT2D eigenvalue weighted by molar-refractivity contribution is 6.35. The van der Waals surface area contributed by atoms with Crippen LogP contribution in [0, 0.1) is 0 Å². The molecule has 2 rings (SSSR count). The molecular weight excluding hydrogens is 355 g/mol. The molecule has 2 aromatic rings. The van der Waals surface area contributed by atoms with Gasteiger partial charge in [0.25, 0.3) is 5.91 Å². The third-order valence-electron chi connectivity index (χ3n) is 3.05. The zero-order chi connectivity index (χ0) is 17.7. The molecule has 0 saturated carbocycles. The summed E-state index contributed by atoms with van der Waals surface area (Å²) in [5.41, 5.74) is 3.11. The van der Waals surface area contributed by atoms with Crippen LogP contribution < -0.4 is 14.9 Å². The fourth-order valence-corrected chi connectivity index (χ4v) is 2.26. The molecule has 0 spiro atoms. The van der Waals surface area contributed by atoms with Gasteiger partial charge >= 0.3 is 0 Å². The molecule has 0 unspecified atom stereocenters. The molecule has 2 aromatic carbocycles. The van der Waals surface area contributed by atoms with Crippen LogP contribution in [0.15, 0.2) is 35.4 Å². The Morgan fingerprint density at radius 1 is 1.17 bits per heavy atom. The van der Waals surface area contributed by atoms with Crippen LogP contribution in [-0.4, -0.2) is 31.4 Å². The standard InChI is InChI=1S/C16H14Cl2N2O4/c1-23-13-5-9(6-14(24-2)15(13)21)8-19-20-16(22)11-7-10(17)3-4-12(11)18/h3-8,21H,1-2H3,(H,20,22)/b19-8+. The quantitative estimate of drug-likeness (QED) is 0.625. The molecule has 0 radical (unpaired) electrons. The Labute approximate surface area is 148 Å². The Morgan fingerprint density at radius 2 is 1.79 bits per heavy atom. The summed E-state index contributed by atoms with van der Waals surface area (Å²) in [6, 6.07) is 7.64. The summed E-state index contributed by atoms with van der Waals surface area (Å²) in [5, 5.41) is 14.3. The maximum absolute atomic E-state index is 12.1. The molecule has 8 heteroatoms. The monoisotopic (exact) mass is 368 g/mol. The van der Waals surface area contributed by atoms with E-state index in [2.05, 4.69) is 10.5 Å². The average molecular weight is 369 g/mol. The number of methoxy groups -OCH3 is 2. The molecule has 0 heterocycles. The maximum atomic E-state index is 12.1. The summed E-state index contributed by atoms with van der Waals surface area (Å²) in [6.07, 6.45) is 1.38. The lowest BCUT2D eigenvalue weighted by atomic mass is 10.2. The summed E-state index contributed by atoms with van der Waals surface area (Å²) in [5.74, 6) is -0.177. The van der Waals surface area contributed by atoms with Gasteiger partial charge in [-0.3, -0.25) is 4.79 Å². The minimum atomic E-state index is -0.503. The number of carbonyl (C=O) groups is 1. The van der Waals surface area contributed by atoms with Gasteiger partial charge in [0.05, 0.1) is 31.0 Å². The van der Waals surface area contributed by atoms with Crippen molar-refractivity contribution in [2.45, 2.75) is 0 Å². The number of aromatic hydroxyl groups is 1. The van der Waals surface area contributed by atoms with Crippen LogP contribution in [0.5, 0.6) is 17.2 Å². The molecule has 0 aromatic heterocycles. The molecule has 6 nitrogen and oxygen atoms in total. The largest absolute Gasteiger partial charge is 0.502 e. The van der Waals surface area contributed by atoms with Crippen LogP contribution in [0.25, 0.3) is 0 Å². The number of hydrogen-bond donors (Lipinski definition) is 2. The van der Waals surface area contributed by atoms with Crippen LogP contribution in [0.2, 0.25) is 10.0 Å². The van der Waals surface area contributed by atoms with Crippen molar-refractivity contribution in [3.8, 4) is 17.2 Å². The number of hydrogen-bond acceptors (Lipinski definition) is 5. The van der Waals surface area contributed by atoms with E-state index in [1.807, 2.05) is 0 Å². The summed E-state index contributed by atoms with van der Waals surface area (Å²) >= 11 is 11.8. The first-order chi connectivity index (χ1) is 11.5. The molecule has 0 bridgehead atoms. The fraction of sp³-hybridized carbons (Fsp3) is 0.125. The van der Waals surface area contributed by atoms with Crippen molar-refractivity contribution in [1.82, 2.24) is 5.43 Å². The minimum absolute atomic E-state index is 0.119. The summed E-state index contributed by atoms with van der Waals surface area (Å²) in [6.45, 7) is 0. The Balaban J connectivity index is 2.17. The Morgan fingerprint density at radius 3 is 2.38 bits per heavy atom. The lowest BCUT2D eigenvalue weighted by molar-refractivity contribution is 0.0955. The second-order valence-electron chi connectivity index (χ2n) is 4.60. The van der Waals surface area contributed by atoms with Crippen molar-refractivity contribution in [3.05, 3.63) is 51.5 Å². The number of hydrazone groups is 1. The van der Waals surface area contributed by atoms with E-state index in [9.17, 15) is 9.90 Å². The van der Waals surface area contributed by atoms with E-state index in [1.165, 1.54) is 32.6 Å². The van der Waals surface area contributed by atoms with Crippen LogP contribution in [-0.2, 0) is 0 Å². The number of amides is 1. The number of carbonyl (C=O) groups excluding carboxylic acids is 1. The van der Waals surface area contributed by atoms with Gasteiger partial charge < -0.3 is 14.6 Å². The Kier molecular flexibility index (Phi) is 5.89. The second-order valence-corrected chi connectivity index (χ2v) is 5.44. The average Bonchev–Trinajstić information content (AvgIpc) is 2.58.